The molecule has 1 saturated carbocycles. The second-order valence-corrected chi connectivity index (χ2v) is 5.69. The molecule has 2 heteroatoms. The van der Waals surface area contributed by atoms with Gasteiger partial charge in [0.1, 0.15) is 5.75 Å². The largest absolute Gasteiger partial charge is 0.496 e. The molecule has 1 N–H and O–H groups in total. The molecular formula is C17H27NO. The van der Waals surface area contributed by atoms with E-state index < -0.39 is 0 Å². The van der Waals surface area contributed by atoms with E-state index in [0.717, 1.165) is 11.7 Å². The molecule has 19 heavy (non-hydrogen) atoms. The van der Waals surface area contributed by atoms with E-state index in [9.17, 15) is 0 Å². The summed E-state index contributed by atoms with van der Waals surface area (Å²) in [7, 11) is 1.75. The summed E-state index contributed by atoms with van der Waals surface area (Å²) >= 11 is 0. The molecule has 1 fully saturated rings. The summed E-state index contributed by atoms with van der Waals surface area (Å²) in [6.45, 7) is 4.57. The van der Waals surface area contributed by atoms with Gasteiger partial charge in [-0.2, -0.15) is 0 Å². The van der Waals surface area contributed by atoms with Crippen LogP contribution < -0.4 is 10.1 Å². The molecule has 0 spiro atoms. The predicted molar refractivity (Wildman–Crippen MR) is 80.6 cm³/mol. The third-order valence-corrected chi connectivity index (χ3v) is 4.50. The van der Waals surface area contributed by atoms with Crippen molar-refractivity contribution in [1.29, 1.82) is 0 Å². The zero-order valence-electron chi connectivity index (χ0n) is 12.5. The van der Waals surface area contributed by atoms with Gasteiger partial charge in [0.2, 0.25) is 0 Å². The van der Waals surface area contributed by atoms with Crippen molar-refractivity contribution in [3.63, 3.8) is 0 Å². The summed E-state index contributed by atoms with van der Waals surface area (Å²) < 4.78 is 5.47. The quantitative estimate of drug-likeness (QED) is 0.852. The number of benzene rings is 1. The van der Waals surface area contributed by atoms with E-state index >= 15 is 0 Å². The van der Waals surface area contributed by atoms with Gasteiger partial charge in [0.25, 0.3) is 0 Å². The first-order valence-electron chi connectivity index (χ1n) is 7.65. The molecule has 0 amide bonds. The Labute approximate surface area is 117 Å². The molecule has 0 radical (unpaired) electrons. The van der Waals surface area contributed by atoms with Gasteiger partial charge in [0, 0.05) is 17.6 Å². The number of rotatable bonds is 5. The molecule has 3 atom stereocenters. The fraction of sp³-hybridized carbons (Fsp3) is 0.647. The lowest BCUT2D eigenvalue weighted by Gasteiger charge is -2.34. The van der Waals surface area contributed by atoms with Crippen LogP contribution in [-0.2, 0) is 0 Å². The van der Waals surface area contributed by atoms with Crippen LogP contribution in [0.1, 0.15) is 57.6 Å². The third kappa shape index (κ3) is 3.50. The number of para-hydroxylation sites is 1. The van der Waals surface area contributed by atoms with Crippen LogP contribution >= 0.6 is 0 Å². The number of hydrogen-bond acceptors (Lipinski definition) is 2. The highest BCUT2D eigenvalue weighted by atomic mass is 16.5. The molecule has 0 saturated heterocycles. The molecule has 1 aliphatic carbocycles. The fourth-order valence-corrected chi connectivity index (χ4v) is 3.35. The van der Waals surface area contributed by atoms with E-state index in [1.807, 2.05) is 12.1 Å². The predicted octanol–water partition coefficient (Wildman–Crippen LogP) is 4.31. The van der Waals surface area contributed by atoms with Gasteiger partial charge in [-0.3, -0.25) is 0 Å². The molecule has 2 nitrogen and oxygen atoms in total. The number of nitrogens with one attached hydrogen (secondary N) is 1. The first kappa shape index (κ1) is 14.4. The van der Waals surface area contributed by atoms with E-state index in [1.54, 1.807) is 7.11 Å². The highest BCUT2D eigenvalue weighted by molar-refractivity contribution is 5.35. The second-order valence-electron chi connectivity index (χ2n) is 5.69. The van der Waals surface area contributed by atoms with Gasteiger partial charge in [0.15, 0.2) is 0 Å². The summed E-state index contributed by atoms with van der Waals surface area (Å²) in [5, 5.41) is 3.83. The maximum atomic E-state index is 5.47. The van der Waals surface area contributed by atoms with Crippen molar-refractivity contribution in [3.8, 4) is 5.75 Å². The number of hydrogen-bond donors (Lipinski definition) is 1. The maximum Gasteiger partial charge on any atom is 0.123 e. The van der Waals surface area contributed by atoms with Crippen LogP contribution in [0.25, 0.3) is 0 Å². The number of methoxy groups -OCH3 is 1. The Balaban J connectivity index is 2.05. The number of ether oxygens (including phenoxy) is 1. The average molecular weight is 261 g/mol. The molecule has 0 aromatic heterocycles. The van der Waals surface area contributed by atoms with Gasteiger partial charge in [-0.25, -0.2) is 0 Å². The van der Waals surface area contributed by atoms with Crippen LogP contribution in [0.15, 0.2) is 24.3 Å². The normalized spacial score (nSPS) is 25.0. The Morgan fingerprint density at radius 1 is 1.26 bits per heavy atom. The maximum absolute atomic E-state index is 5.47. The van der Waals surface area contributed by atoms with Gasteiger partial charge in [-0.05, 0) is 31.7 Å². The van der Waals surface area contributed by atoms with Gasteiger partial charge < -0.3 is 10.1 Å². The van der Waals surface area contributed by atoms with Crippen molar-refractivity contribution in [1.82, 2.24) is 5.32 Å². The molecule has 1 aliphatic rings. The van der Waals surface area contributed by atoms with E-state index in [-0.39, 0.29) is 0 Å². The molecule has 1 aromatic rings. The van der Waals surface area contributed by atoms with Crippen molar-refractivity contribution >= 4 is 0 Å². The van der Waals surface area contributed by atoms with Crippen LogP contribution in [0, 0.1) is 5.92 Å². The van der Waals surface area contributed by atoms with Gasteiger partial charge in [0.05, 0.1) is 7.11 Å². The Morgan fingerprint density at radius 2 is 2.00 bits per heavy atom. The van der Waals surface area contributed by atoms with Crippen molar-refractivity contribution in [2.24, 2.45) is 5.92 Å². The van der Waals surface area contributed by atoms with Crippen LogP contribution in [0.4, 0.5) is 0 Å². The van der Waals surface area contributed by atoms with Gasteiger partial charge in [-0.15, -0.1) is 0 Å². The SMILES string of the molecule is CCC1CCCCC1N[C@H](C)c1ccccc1OC. The minimum atomic E-state index is 0.355. The van der Waals surface area contributed by atoms with E-state index in [0.29, 0.717) is 12.1 Å². The van der Waals surface area contributed by atoms with Gasteiger partial charge >= 0.3 is 0 Å². The summed E-state index contributed by atoms with van der Waals surface area (Å²) in [5.74, 6) is 1.83. The molecule has 0 heterocycles. The molecule has 1 aromatic carbocycles. The highest BCUT2D eigenvalue weighted by Gasteiger charge is 2.25. The Bertz CT molecular complexity index is 391. The average Bonchev–Trinajstić information content (AvgIpc) is 2.47. The summed E-state index contributed by atoms with van der Waals surface area (Å²) in [5.41, 5.74) is 1.27. The second kappa shape index (κ2) is 6.95. The van der Waals surface area contributed by atoms with E-state index in [1.165, 1.54) is 37.7 Å². The minimum Gasteiger partial charge on any atom is -0.496 e. The molecule has 0 bridgehead atoms. The van der Waals surface area contributed by atoms with Gasteiger partial charge in [-0.1, -0.05) is 44.4 Å². The Hall–Kier alpha value is -1.02. The zero-order chi connectivity index (χ0) is 13.7. The molecule has 106 valence electrons. The van der Waals surface area contributed by atoms with Crippen molar-refractivity contribution < 1.29 is 4.74 Å². The molecule has 0 aliphatic heterocycles. The monoisotopic (exact) mass is 261 g/mol. The topological polar surface area (TPSA) is 21.3 Å². The first-order valence-corrected chi connectivity index (χ1v) is 7.65. The Kier molecular flexibility index (Phi) is 5.26. The lowest BCUT2D eigenvalue weighted by molar-refractivity contribution is 0.239. The summed E-state index contributed by atoms with van der Waals surface area (Å²) in [6.07, 6.45) is 6.76. The standard InChI is InChI=1S/C17H27NO/c1-4-14-9-5-7-11-16(14)18-13(2)15-10-6-8-12-17(15)19-3/h6,8,10,12-14,16,18H,4-5,7,9,11H2,1-3H3/t13-,14?,16?/m1/s1. The smallest absolute Gasteiger partial charge is 0.123 e. The lowest BCUT2D eigenvalue weighted by atomic mass is 9.82. The summed E-state index contributed by atoms with van der Waals surface area (Å²) in [4.78, 5) is 0. The lowest BCUT2D eigenvalue weighted by Crippen LogP contribution is -2.39. The third-order valence-electron chi connectivity index (χ3n) is 4.50. The first-order chi connectivity index (χ1) is 9.26. The summed E-state index contributed by atoms with van der Waals surface area (Å²) in [6, 6.07) is 9.36. The molecule has 2 rings (SSSR count). The highest BCUT2D eigenvalue weighted by Crippen LogP contribution is 2.30. The van der Waals surface area contributed by atoms with Crippen LogP contribution in [0.3, 0.4) is 0 Å². The van der Waals surface area contributed by atoms with Crippen LogP contribution in [-0.4, -0.2) is 13.2 Å². The fourth-order valence-electron chi connectivity index (χ4n) is 3.35. The van der Waals surface area contributed by atoms with Crippen molar-refractivity contribution in [2.75, 3.05) is 7.11 Å². The molecular weight excluding hydrogens is 234 g/mol. The van der Waals surface area contributed by atoms with Crippen molar-refractivity contribution in [2.45, 2.75) is 58.0 Å². The Morgan fingerprint density at radius 3 is 2.74 bits per heavy atom. The van der Waals surface area contributed by atoms with Crippen LogP contribution in [0.2, 0.25) is 0 Å². The van der Waals surface area contributed by atoms with Crippen LogP contribution in [0.5, 0.6) is 5.75 Å². The minimum absolute atomic E-state index is 0.355. The zero-order valence-corrected chi connectivity index (χ0v) is 12.5. The van der Waals surface area contributed by atoms with Crippen molar-refractivity contribution in [3.05, 3.63) is 29.8 Å². The van der Waals surface area contributed by atoms with E-state index in [4.69, 9.17) is 4.74 Å². The van der Waals surface area contributed by atoms with E-state index in [2.05, 4.69) is 31.3 Å². The molecule has 2 unspecified atom stereocenters.